The Labute approximate surface area is 158 Å². The van der Waals surface area contributed by atoms with Gasteiger partial charge in [-0.05, 0) is 36.1 Å². The largest absolute Gasteiger partial charge is 0.354 e. The van der Waals surface area contributed by atoms with Gasteiger partial charge < -0.3 is 10.2 Å². The van der Waals surface area contributed by atoms with E-state index in [1.807, 2.05) is 30.3 Å². The van der Waals surface area contributed by atoms with Crippen LogP contribution in [0.25, 0.3) is 17.0 Å². The number of rotatable bonds is 4. The van der Waals surface area contributed by atoms with E-state index in [9.17, 15) is 4.79 Å². The highest BCUT2D eigenvalue weighted by Gasteiger charge is 2.26. The Hall–Kier alpha value is -2.67. The van der Waals surface area contributed by atoms with E-state index in [2.05, 4.69) is 41.0 Å². The highest BCUT2D eigenvalue weighted by Crippen LogP contribution is 2.22. The number of nitrogens with zero attached hydrogens (tertiary/aromatic N) is 4. The number of piperazine rings is 1. The predicted octanol–water partition coefficient (Wildman–Crippen LogP) is 2.18. The first-order valence-corrected chi connectivity index (χ1v) is 9.56. The molecule has 1 saturated heterocycles. The zero-order chi connectivity index (χ0) is 19.0. The van der Waals surface area contributed by atoms with Gasteiger partial charge in [0.25, 0.3) is 0 Å². The molecule has 1 unspecified atom stereocenters. The standard InChI is InChI=1S/C20H26N6O/c1-13(2)14(3)15-12-25(11-10-21-15)17-7-4-8-18(23-17)26-16-6-5-9-22-19(16)24-20(26)27/h4-9,13-15,21H,10-12H2,1-3H3,(H,22,24,27)/t14?,15-/m0/s1. The molecule has 142 valence electrons. The van der Waals surface area contributed by atoms with Gasteiger partial charge in [-0.15, -0.1) is 0 Å². The molecule has 1 fully saturated rings. The van der Waals surface area contributed by atoms with Crippen LogP contribution in [0.4, 0.5) is 5.82 Å². The number of nitrogens with one attached hydrogen (secondary N) is 2. The molecule has 27 heavy (non-hydrogen) atoms. The molecule has 3 aromatic heterocycles. The lowest BCUT2D eigenvalue weighted by molar-refractivity contribution is 0.283. The van der Waals surface area contributed by atoms with Crippen LogP contribution in [0.2, 0.25) is 0 Å². The number of H-pyrrole nitrogens is 1. The van der Waals surface area contributed by atoms with Gasteiger partial charge in [-0.25, -0.2) is 19.3 Å². The molecule has 1 aliphatic rings. The second-order valence-electron chi connectivity index (χ2n) is 7.60. The lowest BCUT2D eigenvalue weighted by Crippen LogP contribution is -2.54. The Balaban J connectivity index is 1.67. The molecule has 7 heteroatoms. The van der Waals surface area contributed by atoms with Crippen molar-refractivity contribution in [3.05, 3.63) is 47.0 Å². The lowest BCUT2D eigenvalue weighted by atomic mass is 9.89. The zero-order valence-electron chi connectivity index (χ0n) is 16.0. The summed E-state index contributed by atoms with van der Waals surface area (Å²) >= 11 is 0. The molecule has 0 spiro atoms. The Morgan fingerprint density at radius 1 is 1.15 bits per heavy atom. The average molecular weight is 366 g/mol. The van der Waals surface area contributed by atoms with Gasteiger partial charge in [0.2, 0.25) is 0 Å². The minimum Gasteiger partial charge on any atom is -0.354 e. The topological polar surface area (TPSA) is 78.8 Å². The summed E-state index contributed by atoms with van der Waals surface area (Å²) in [4.78, 5) is 26.6. The molecule has 0 amide bonds. The fraction of sp³-hybridized carbons (Fsp3) is 0.450. The van der Waals surface area contributed by atoms with Crippen molar-refractivity contribution in [1.82, 2.24) is 24.8 Å². The monoisotopic (exact) mass is 366 g/mol. The summed E-state index contributed by atoms with van der Waals surface area (Å²) in [5.74, 6) is 2.72. The molecule has 4 rings (SSSR count). The van der Waals surface area contributed by atoms with Gasteiger partial charge in [0.15, 0.2) is 5.65 Å². The number of anilines is 1. The lowest BCUT2D eigenvalue weighted by Gasteiger charge is -2.38. The molecule has 2 atom stereocenters. The molecule has 4 heterocycles. The highest BCUT2D eigenvalue weighted by molar-refractivity contribution is 5.72. The molecule has 2 N–H and O–H groups in total. The molecule has 7 nitrogen and oxygen atoms in total. The van der Waals surface area contributed by atoms with Crippen LogP contribution in [-0.2, 0) is 0 Å². The van der Waals surface area contributed by atoms with E-state index in [-0.39, 0.29) is 5.69 Å². The van der Waals surface area contributed by atoms with Crippen molar-refractivity contribution in [1.29, 1.82) is 0 Å². The van der Waals surface area contributed by atoms with Crippen LogP contribution >= 0.6 is 0 Å². The number of hydrogen-bond donors (Lipinski definition) is 2. The van der Waals surface area contributed by atoms with Gasteiger partial charge in [0.1, 0.15) is 11.6 Å². The third-order valence-corrected chi connectivity index (χ3v) is 5.62. The van der Waals surface area contributed by atoms with E-state index in [1.54, 1.807) is 10.8 Å². The van der Waals surface area contributed by atoms with Crippen LogP contribution in [-0.4, -0.2) is 45.2 Å². The Morgan fingerprint density at radius 3 is 2.78 bits per heavy atom. The maximum atomic E-state index is 12.4. The van der Waals surface area contributed by atoms with E-state index < -0.39 is 0 Å². The van der Waals surface area contributed by atoms with Gasteiger partial charge >= 0.3 is 5.69 Å². The van der Waals surface area contributed by atoms with E-state index in [0.717, 1.165) is 31.0 Å². The fourth-order valence-corrected chi connectivity index (χ4v) is 3.68. The first-order chi connectivity index (χ1) is 13.0. The van der Waals surface area contributed by atoms with Gasteiger partial charge in [-0.1, -0.05) is 26.8 Å². The SMILES string of the molecule is CC(C)C(C)[C@@H]1CN(c2cccc(-n3c(=O)[nH]c4ncccc43)n2)CCN1. The summed E-state index contributed by atoms with van der Waals surface area (Å²) in [5.41, 5.74) is 1.08. The number of aromatic amines is 1. The van der Waals surface area contributed by atoms with Crippen LogP contribution in [0.1, 0.15) is 20.8 Å². The molecular weight excluding hydrogens is 340 g/mol. The van der Waals surface area contributed by atoms with Crippen LogP contribution in [0, 0.1) is 11.8 Å². The summed E-state index contributed by atoms with van der Waals surface area (Å²) < 4.78 is 1.59. The Kier molecular flexibility index (Phi) is 4.70. The number of fused-ring (bicyclic) bond motifs is 1. The third-order valence-electron chi connectivity index (χ3n) is 5.62. The maximum Gasteiger partial charge on any atom is 0.333 e. The van der Waals surface area contributed by atoms with Crippen LogP contribution in [0.5, 0.6) is 0 Å². The van der Waals surface area contributed by atoms with Crippen molar-refractivity contribution in [3.8, 4) is 5.82 Å². The van der Waals surface area contributed by atoms with Crippen molar-refractivity contribution in [2.24, 2.45) is 11.8 Å². The van der Waals surface area contributed by atoms with Gasteiger partial charge in [0, 0.05) is 31.9 Å². The summed E-state index contributed by atoms with van der Waals surface area (Å²) in [6.45, 7) is 9.59. The Bertz CT molecular complexity index is 991. The predicted molar refractivity (Wildman–Crippen MR) is 107 cm³/mol. The molecule has 0 aliphatic carbocycles. The van der Waals surface area contributed by atoms with Crippen molar-refractivity contribution in [2.75, 3.05) is 24.5 Å². The van der Waals surface area contributed by atoms with E-state index in [4.69, 9.17) is 4.98 Å². The van der Waals surface area contributed by atoms with Crippen LogP contribution < -0.4 is 15.9 Å². The smallest absolute Gasteiger partial charge is 0.333 e. The number of hydrogen-bond acceptors (Lipinski definition) is 5. The summed E-state index contributed by atoms with van der Waals surface area (Å²) in [6.07, 6.45) is 1.67. The molecule has 0 aromatic carbocycles. The highest BCUT2D eigenvalue weighted by atomic mass is 16.1. The first kappa shape index (κ1) is 17.7. The maximum absolute atomic E-state index is 12.4. The molecule has 1 aliphatic heterocycles. The van der Waals surface area contributed by atoms with E-state index >= 15 is 0 Å². The van der Waals surface area contributed by atoms with Crippen LogP contribution in [0.15, 0.2) is 41.3 Å². The van der Waals surface area contributed by atoms with E-state index in [1.165, 1.54) is 0 Å². The number of imidazole rings is 1. The molecule has 3 aromatic rings. The fourth-order valence-electron chi connectivity index (χ4n) is 3.68. The number of pyridine rings is 2. The third kappa shape index (κ3) is 3.35. The van der Waals surface area contributed by atoms with Gasteiger partial charge in [0.05, 0.1) is 5.52 Å². The molecule has 0 bridgehead atoms. The van der Waals surface area contributed by atoms with E-state index in [0.29, 0.717) is 29.3 Å². The average Bonchev–Trinajstić information content (AvgIpc) is 3.03. The summed E-state index contributed by atoms with van der Waals surface area (Å²) in [6, 6.07) is 9.97. The molecule has 0 radical (unpaired) electrons. The molecule has 0 saturated carbocycles. The summed E-state index contributed by atoms with van der Waals surface area (Å²) in [5, 5.41) is 3.64. The van der Waals surface area contributed by atoms with Gasteiger partial charge in [-0.2, -0.15) is 0 Å². The van der Waals surface area contributed by atoms with Crippen molar-refractivity contribution in [3.63, 3.8) is 0 Å². The van der Waals surface area contributed by atoms with Crippen molar-refractivity contribution in [2.45, 2.75) is 26.8 Å². The minimum atomic E-state index is -0.222. The number of aromatic nitrogens is 4. The quantitative estimate of drug-likeness (QED) is 0.740. The summed E-state index contributed by atoms with van der Waals surface area (Å²) in [7, 11) is 0. The van der Waals surface area contributed by atoms with Crippen molar-refractivity contribution >= 4 is 17.0 Å². The zero-order valence-corrected chi connectivity index (χ0v) is 16.0. The van der Waals surface area contributed by atoms with Crippen LogP contribution in [0.3, 0.4) is 0 Å². The first-order valence-electron chi connectivity index (χ1n) is 9.56. The second kappa shape index (κ2) is 7.15. The van der Waals surface area contributed by atoms with Crippen molar-refractivity contribution < 1.29 is 0 Å². The second-order valence-corrected chi connectivity index (χ2v) is 7.60. The normalized spacial score (nSPS) is 19.0. The Morgan fingerprint density at radius 2 is 1.96 bits per heavy atom. The minimum absolute atomic E-state index is 0.222. The molecular formula is C20H26N6O. The van der Waals surface area contributed by atoms with Gasteiger partial charge in [-0.3, -0.25) is 4.98 Å².